The Bertz CT molecular complexity index is 2160. The number of aryl methyl sites for hydroxylation is 2. The number of hydrogen-bond acceptors (Lipinski definition) is 8. The Balaban J connectivity index is 0.000000191. The lowest BCUT2D eigenvalue weighted by atomic mass is 10.2. The van der Waals surface area contributed by atoms with Crippen LogP contribution in [0.5, 0.6) is 0 Å². The molecule has 0 saturated carbocycles. The second kappa shape index (κ2) is 14.6. The zero-order valence-electron chi connectivity index (χ0n) is 26.4. The molecule has 17 heteroatoms. The number of nitrogens with zero attached hydrogens (tertiary/aromatic N) is 8. The standard InChI is InChI=1S/C17H15F3N4S.C15H12F3IN4S/c1-4-10-6-13(25-5-2)14(21-8-10)16-23-12-7-11(17(18,19)20)9-22-15(12)24(16)3;1-3-24-11-5-9(19)7-20-12(11)14-22-10-4-8(15(16,17)18)6-21-13(10)23(14)2/h4,6-9H,1,5H2,2-3H3;4-7H,3H2,1-2H3. The number of hydrogen-bond donors (Lipinski definition) is 0. The molecule has 0 unspecified atom stereocenters. The van der Waals surface area contributed by atoms with E-state index in [0.29, 0.717) is 34.3 Å². The van der Waals surface area contributed by atoms with Gasteiger partial charge < -0.3 is 9.13 Å². The molecule has 0 aliphatic heterocycles. The minimum absolute atomic E-state index is 0.189. The van der Waals surface area contributed by atoms with Crippen molar-refractivity contribution in [3.8, 4) is 23.0 Å². The van der Waals surface area contributed by atoms with Gasteiger partial charge in [-0.25, -0.2) is 19.9 Å². The molecule has 49 heavy (non-hydrogen) atoms. The summed E-state index contributed by atoms with van der Waals surface area (Å²) in [5.74, 6) is 2.67. The zero-order chi connectivity index (χ0) is 35.7. The molecular formula is C32H27F6IN8S2. The summed E-state index contributed by atoms with van der Waals surface area (Å²) in [6.45, 7) is 7.78. The second-order valence-electron chi connectivity index (χ2n) is 10.3. The zero-order valence-corrected chi connectivity index (χ0v) is 30.1. The summed E-state index contributed by atoms with van der Waals surface area (Å²) in [4.78, 5) is 27.3. The van der Waals surface area contributed by atoms with Crippen LogP contribution in [0.15, 0.2) is 65.4 Å². The smallest absolute Gasteiger partial charge is 0.310 e. The Labute approximate surface area is 299 Å². The average molecular weight is 829 g/mol. The first kappa shape index (κ1) is 36.6. The van der Waals surface area contributed by atoms with Crippen molar-refractivity contribution in [2.45, 2.75) is 36.0 Å². The lowest BCUT2D eigenvalue weighted by Crippen LogP contribution is -2.05. The maximum absolute atomic E-state index is 12.9. The minimum atomic E-state index is -4.45. The fourth-order valence-corrected chi connectivity index (χ4v) is 7.02. The lowest BCUT2D eigenvalue weighted by molar-refractivity contribution is -0.138. The first-order valence-electron chi connectivity index (χ1n) is 14.5. The minimum Gasteiger partial charge on any atom is -0.310 e. The van der Waals surface area contributed by atoms with Gasteiger partial charge in [0.25, 0.3) is 0 Å². The molecule has 6 aromatic rings. The van der Waals surface area contributed by atoms with Gasteiger partial charge in [-0.3, -0.25) is 9.97 Å². The summed E-state index contributed by atoms with van der Waals surface area (Å²) in [6.07, 6.45) is -2.17. The number of pyridine rings is 4. The third-order valence-corrected chi connectivity index (χ3v) is 9.44. The van der Waals surface area contributed by atoms with Crippen LogP contribution in [0.3, 0.4) is 0 Å². The number of fused-ring (bicyclic) bond motifs is 2. The van der Waals surface area contributed by atoms with E-state index in [1.54, 1.807) is 65.2 Å². The van der Waals surface area contributed by atoms with E-state index in [-0.39, 0.29) is 11.0 Å². The van der Waals surface area contributed by atoms with Gasteiger partial charge >= 0.3 is 12.4 Å². The molecule has 0 amide bonds. The maximum atomic E-state index is 12.9. The molecule has 6 aromatic heterocycles. The van der Waals surface area contributed by atoms with Crippen molar-refractivity contribution in [1.82, 2.24) is 39.0 Å². The molecule has 0 radical (unpaired) electrons. The molecule has 0 fully saturated rings. The predicted octanol–water partition coefficient (Wildman–Crippen LogP) is 9.57. The van der Waals surface area contributed by atoms with Crippen molar-refractivity contribution in [3.63, 3.8) is 0 Å². The van der Waals surface area contributed by atoms with E-state index in [0.717, 1.165) is 55.0 Å². The number of thioether (sulfide) groups is 2. The van der Waals surface area contributed by atoms with Gasteiger partial charge in [-0.2, -0.15) is 26.3 Å². The van der Waals surface area contributed by atoms with Crippen LogP contribution in [0.2, 0.25) is 0 Å². The lowest BCUT2D eigenvalue weighted by Gasteiger charge is -2.08. The first-order valence-corrected chi connectivity index (χ1v) is 17.5. The van der Waals surface area contributed by atoms with Gasteiger partial charge in [0.1, 0.15) is 22.4 Å². The van der Waals surface area contributed by atoms with Crippen LogP contribution in [-0.4, -0.2) is 50.5 Å². The van der Waals surface area contributed by atoms with E-state index in [9.17, 15) is 26.3 Å². The summed E-state index contributed by atoms with van der Waals surface area (Å²) in [5, 5.41) is 0. The first-order chi connectivity index (χ1) is 23.2. The van der Waals surface area contributed by atoms with Crippen LogP contribution in [-0.2, 0) is 26.4 Å². The maximum Gasteiger partial charge on any atom is 0.417 e. The molecule has 6 rings (SSSR count). The predicted molar refractivity (Wildman–Crippen MR) is 189 cm³/mol. The fraction of sp³-hybridized carbons (Fsp3) is 0.250. The van der Waals surface area contributed by atoms with E-state index in [1.165, 1.54) is 0 Å². The van der Waals surface area contributed by atoms with Crippen LogP contribution in [0, 0.1) is 3.57 Å². The van der Waals surface area contributed by atoms with Gasteiger partial charge in [-0.15, -0.1) is 23.5 Å². The molecule has 0 saturated heterocycles. The molecule has 0 atom stereocenters. The molecule has 0 N–H and O–H groups in total. The largest absolute Gasteiger partial charge is 0.417 e. The highest BCUT2D eigenvalue weighted by Crippen LogP contribution is 2.36. The van der Waals surface area contributed by atoms with Gasteiger partial charge in [0, 0.05) is 52.2 Å². The molecule has 0 aromatic carbocycles. The van der Waals surface area contributed by atoms with Crippen LogP contribution >= 0.6 is 46.1 Å². The van der Waals surface area contributed by atoms with E-state index >= 15 is 0 Å². The SMILES string of the molecule is C=Cc1cnc(-c2nc3cc(C(F)(F)F)cnc3n2C)c(SCC)c1.CCSc1cc(I)cnc1-c1nc2cc(C(F)(F)F)cnc2n1C. The normalized spacial score (nSPS) is 12.0. The van der Waals surface area contributed by atoms with Gasteiger partial charge in [0.05, 0.1) is 11.1 Å². The number of halogens is 7. The quantitative estimate of drug-likeness (QED) is 0.0894. The van der Waals surface area contributed by atoms with Crippen molar-refractivity contribution in [1.29, 1.82) is 0 Å². The van der Waals surface area contributed by atoms with E-state index in [1.807, 2.05) is 26.0 Å². The summed E-state index contributed by atoms with van der Waals surface area (Å²) in [5.41, 5.74) is 1.68. The summed E-state index contributed by atoms with van der Waals surface area (Å²) in [6, 6.07) is 5.96. The van der Waals surface area contributed by atoms with E-state index < -0.39 is 23.5 Å². The topological polar surface area (TPSA) is 87.2 Å². The molecule has 0 aliphatic carbocycles. The Kier molecular flexibility index (Phi) is 10.9. The number of aromatic nitrogens is 8. The Morgan fingerprint density at radius 1 is 0.694 bits per heavy atom. The van der Waals surface area contributed by atoms with Gasteiger partial charge in [0.2, 0.25) is 0 Å². The van der Waals surface area contributed by atoms with Gasteiger partial charge in [-0.05, 0) is 63.9 Å². The van der Waals surface area contributed by atoms with Crippen molar-refractivity contribution in [3.05, 3.63) is 75.9 Å². The second-order valence-corrected chi connectivity index (χ2v) is 14.2. The molecule has 0 aliphatic rings. The molecular weight excluding hydrogens is 801 g/mol. The molecule has 0 bridgehead atoms. The van der Waals surface area contributed by atoms with Gasteiger partial charge in [-0.1, -0.05) is 26.5 Å². The summed E-state index contributed by atoms with van der Waals surface area (Å²) in [7, 11) is 3.44. The van der Waals surface area contributed by atoms with Crippen molar-refractivity contribution < 1.29 is 26.3 Å². The Morgan fingerprint density at radius 3 is 1.57 bits per heavy atom. The Morgan fingerprint density at radius 2 is 1.14 bits per heavy atom. The molecule has 0 spiro atoms. The monoisotopic (exact) mass is 828 g/mol. The highest BCUT2D eigenvalue weighted by molar-refractivity contribution is 14.1. The van der Waals surface area contributed by atoms with E-state index in [2.05, 4.69) is 59.1 Å². The fourth-order valence-electron chi connectivity index (χ4n) is 4.74. The van der Waals surface area contributed by atoms with E-state index in [4.69, 9.17) is 0 Å². The van der Waals surface area contributed by atoms with Gasteiger partial charge in [0.15, 0.2) is 22.9 Å². The molecule has 8 nitrogen and oxygen atoms in total. The highest BCUT2D eigenvalue weighted by atomic mass is 127. The van der Waals surface area contributed by atoms with Crippen molar-refractivity contribution >= 4 is 74.5 Å². The highest BCUT2D eigenvalue weighted by Gasteiger charge is 2.33. The summed E-state index contributed by atoms with van der Waals surface area (Å²) < 4.78 is 81.6. The van der Waals surface area contributed by atoms with Crippen LogP contribution in [0.25, 0.3) is 51.4 Å². The molecule has 256 valence electrons. The third-order valence-electron chi connectivity index (χ3n) is 7.02. The number of alkyl halides is 6. The Hall–Kier alpha value is -3.71. The van der Waals surface area contributed by atoms with Crippen molar-refractivity contribution in [2.75, 3.05) is 11.5 Å². The van der Waals surface area contributed by atoms with Crippen LogP contribution in [0.1, 0.15) is 30.5 Å². The third kappa shape index (κ3) is 7.88. The molecule has 6 heterocycles. The average Bonchev–Trinajstić information content (AvgIpc) is 3.56. The van der Waals surface area contributed by atoms with Crippen molar-refractivity contribution in [2.24, 2.45) is 14.1 Å². The summed E-state index contributed by atoms with van der Waals surface area (Å²) >= 11 is 5.38. The number of imidazole rings is 2. The number of rotatable bonds is 7. The van der Waals surface area contributed by atoms with Crippen LogP contribution < -0.4 is 0 Å². The van der Waals surface area contributed by atoms with Crippen LogP contribution in [0.4, 0.5) is 26.3 Å².